The first-order valence-corrected chi connectivity index (χ1v) is 6.44. The van der Waals surface area contributed by atoms with Crippen LogP contribution < -0.4 is 0 Å². The van der Waals surface area contributed by atoms with Gasteiger partial charge in [0.05, 0.1) is 6.04 Å². The van der Waals surface area contributed by atoms with Crippen LogP contribution in [0.25, 0.3) is 5.57 Å². The smallest absolute Gasteiger partial charge is 0.389 e. The van der Waals surface area contributed by atoms with Gasteiger partial charge >= 0.3 is 7.55 Å². The van der Waals surface area contributed by atoms with E-state index in [2.05, 4.69) is 0 Å². The van der Waals surface area contributed by atoms with E-state index in [1.165, 1.54) is 0 Å². The molecular weight excluding hydrogens is 245 g/mol. The van der Waals surface area contributed by atoms with Crippen molar-refractivity contribution in [2.75, 3.05) is 0 Å². The molecule has 0 saturated heterocycles. The first kappa shape index (κ1) is 12.5. The van der Waals surface area contributed by atoms with Gasteiger partial charge in [-0.25, -0.2) is 8.78 Å². The molecule has 0 fully saturated rings. The fourth-order valence-electron chi connectivity index (χ4n) is 3.24. The van der Waals surface area contributed by atoms with E-state index in [9.17, 15) is 8.78 Å². The van der Waals surface area contributed by atoms with Crippen LogP contribution in [-0.4, -0.2) is 22.9 Å². The van der Waals surface area contributed by atoms with Crippen LogP contribution >= 0.6 is 0 Å². The van der Waals surface area contributed by atoms with Crippen LogP contribution in [0.1, 0.15) is 37.7 Å². The summed E-state index contributed by atoms with van der Waals surface area (Å²) in [5.41, 5.74) is 4.52. The van der Waals surface area contributed by atoms with E-state index in [1.54, 1.807) is 20.8 Å². The zero-order valence-corrected chi connectivity index (χ0v) is 11.8. The number of hydrogen-bond donors (Lipinski definition) is 0. The molecule has 0 bridgehead atoms. The van der Waals surface area contributed by atoms with E-state index in [-0.39, 0.29) is 17.7 Å². The minimum absolute atomic E-state index is 0.105. The van der Waals surface area contributed by atoms with Gasteiger partial charge in [-0.3, -0.25) is 0 Å². The third kappa shape index (κ3) is 1.36. The lowest BCUT2D eigenvalue weighted by Gasteiger charge is -2.33. The SMILES string of the molecule is CC1=C(F)C(C)N2[B]n3c(C)c(F)c(C)c3C(C)=C12. The fraction of sp³-hybridized carbons (Fsp3) is 0.429. The van der Waals surface area contributed by atoms with Crippen LogP contribution in [-0.2, 0) is 0 Å². The van der Waals surface area contributed by atoms with Gasteiger partial charge in [0.15, 0.2) is 0 Å². The summed E-state index contributed by atoms with van der Waals surface area (Å²) in [6.07, 6.45) is 0. The average molecular weight is 261 g/mol. The second-order valence-corrected chi connectivity index (χ2v) is 5.39. The van der Waals surface area contributed by atoms with Crippen molar-refractivity contribution in [2.24, 2.45) is 0 Å². The van der Waals surface area contributed by atoms with E-state index in [0.717, 1.165) is 17.0 Å². The highest BCUT2D eigenvalue weighted by Gasteiger charge is 2.39. The van der Waals surface area contributed by atoms with Crippen LogP contribution in [0, 0.1) is 19.7 Å². The van der Waals surface area contributed by atoms with Crippen molar-refractivity contribution >= 4 is 13.1 Å². The molecule has 0 spiro atoms. The largest absolute Gasteiger partial charge is 0.396 e. The molecule has 2 nitrogen and oxygen atoms in total. The zero-order chi connectivity index (χ0) is 14.1. The van der Waals surface area contributed by atoms with Crippen LogP contribution in [0.4, 0.5) is 8.78 Å². The molecule has 2 aliphatic heterocycles. The monoisotopic (exact) mass is 261 g/mol. The fourth-order valence-corrected chi connectivity index (χ4v) is 3.24. The first-order valence-electron chi connectivity index (χ1n) is 6.44. The van der Waals surface area contributed by atoms with Crippen LogP contribution in [0.5, 0.6) is 0 Å². The molecular formula is C14H16BF2N2. The molecule has 0 N–H and O–H groups in total. The van der Waals surface area contributed by atoms with Crippen LogP contribution in [0.15, 0.2) is 17.1 Å². The second-order valence-electron chi connectivity index (χ2n) is 5.39. The number of aromatic nitrogens is 1. The molecule has 2 aliphatic rings. The quantitative estimate of drug-likeness (QED) is 0.650. The summed E-state index contributed by atoms with van der Waals surface area (Å²) in [5.74, 6) is -0.283. The molecule has 3 heterocycles. The molecule has 1 unspecified atom stereocenters. The Labute approximate surface area is 112 Å². The molecule has 1 radical (unpaired) electrons. The Morgan fingerprint density at radius 3 is 2.32 bits per heavy atom. The van der Waals surface area contributed by atoms with Gasteiger partial charge in [0, 0.05) is 28.2 Å². The lowest BCUT2D eigenvalue weighted by atomic mass is 9.93. The maximum atomic E-state index is 14.1. The summed E-state index contributed by atoms with van der Waals surface area (Å²) < 4.78 is 30.0. The minimum atomic E-state index is -0.316. The Bertz CT molecular complexity index is 655. The highest BCUT2D eigenvalue weighted by atomic mass is 19.1. The number of halogens is 2. The summed E-state index contributed by atoms with van der Waals surface area (Å²) in [4.78, 5) is 1.89. The topological polar surface area (TPSA) is 8.17 Å². The van der Waals surface area contributed by atoms with Gasteiger partial charge in [0.1, 0.15) is 11.6 Å². The number of allylic oxidation sites excluding steroid dienone is 2. The molecule has 1 aromatic heterocycles. The third-order valence-electron chi connectivity index (χ3n) is 4.31. The van der Waals surface area contributed by atoms with Crippen molar-refractivity contribution in [2.45, 2.75) is 40.7 Å². The Kier molecular flexibility index (Phi) is 2.47. The Balaban J connectivity index is 2.31. The number of nitrogens with zero attached hydrogens (tertiary/aromatic N) is 2. The highest BCUT2D eigenvalue weighted by molar-refractivity contribution is 6.34. The van der Waals surface area contributed by atoms with Gasteiger partial charge < -0.3 is 9.29 Å². The number of hydrogen-bond acceptors (Lipinski definition) is 1. The van der Waals surface area contributed by atoms with E-state index >= 15 is 0 Å². The third-order valence-corrected chi connectivity index (χ3v) is 4.31. The van der Waals surface area contributed by atoms with Gasteiger partial charge in [-0.2, -0.15) is 0 Å². The molecule has 5 heteroatoms. The molecule has 0 aromatic carbocycles. The molecule has 0 amide bonds. The van der Waals surface area contributed by atoms with Crippen molar-refractivity contribution in [1.82, 2.24) is 9.29 Å². The standard InChI is InChI=1S/C14H16BF2N2/c1-6-11(16)9(4)18-13(6)8(3)14-7(2)12(17)10(5)19(14)15-18/h9H,1-5H3. The van der Waals surface area contributed by atoms with Crippen molar-refractivity contribution < 1.29 is 8.78 Å². The van der Waals surface area contributed by atoms with Crippen molar-refractivity contribution in [3.05, 3.63) is 39.9 Å². The Hall–Kier alpha value is -1.52. The zero-order valence-electron chi connectivity index (χ0n) is 11.8. The van der Waals surface area contributed by atoms with Gasteiger partial charge in [-0.15, -0.1) is 0 Å². The summed E-state index contributed by atoms with van der Waals surface area (Å²) >= 11 is 0. The molecule has 3 rings (SSSR count). The normalized spacial score (nSPS) is 21.8. The van der Waals surface area contributed by atoms with Crippen molar-refractivity contribution in [1.29, 1.82) is 0 Å². The van der Waals surface area contributed by atoms with Gasteiger partial charge in [-0.1, -0.05) is 0 Å². The predicted octanol–water partition coefficient (Wildman–Crippen LogP) is 3.32. The molecule has 1 aromatic rings. The Morgan fingerprint density at radius 2 is 1.68 bits per heavy atom. The average Bonchev–Trinajstić information content (AvgIpc) is 2.73. The highest BCUT2D eigenvalue weighted by Crippen LogP contribution is 2.42. The summed E-state index contributed by atoms with van der Waals surface area (Å²) in [6.45, 7) is 9.06. The molecule has 0 saturated carbocycles. The van der Waals surface area contributed by atoms with E-state index in [4.69, 9.17) is 0 Å². The molecule has 1 atom stereocenters. The molecule has 99 valence electrons. The Morgan fingerprint density at radius 1 is 1.05 bits per heavy atom. The predicted molar refractivity (Wildman–Crippen MR) is 72.7 cm³/mol. The maximum absolute atomic E-state index is 14.1. The second kappa shape index (κ2) is 3.75. The lowest BCUT2D eigenvalue weighted by Crippen LogP contribution is -2.40. The van der Waals surface area contributed by atoms with Crippen LogP contribution in [0.2, 0.25) is 0 Å². The van der Waals surface area contributed by atoms with Crippen molar-refractivity contribution in [3.8, 4) is 0 Å². The van der Waals surface area contributed by atoms with E-state index in [0.29, 0.717) is 16.8 Å². The summed E-state index contributed by atoms with van der Waals surface area (Å²) in [7, 11) is 1.81. The van der Waals surface area contributed by atoms with Crippen molar-refractivity contribution in [3.63, 3.8) is 0 Å². The van der Waals surface area contributed by atoms with E-state index < -0.39 is 0 Å². The maximum Gasteiger partial charge on any atom is 0.396 e. The van der Waals surface area contributed by atoms with Gasteiger partial charge in [0.25, 0.3) is 0 Å². The molecule has 0 aliphatic carbocycles. The lowest BCUT2D eigenvalue weighted by molar-refractivity contribution is 0.431. The first-order chi connectivity index (χ1) is 8.86. The molecule has 19 heavy (non-hydrogen) atoms. The van der Waals surface area contributed by atoms with E-state index in [1.807, 2.05) is 30.7 Å². The number of rotatable bonds is 0. The minimum Gasteiger partial charge on any atom is -0.389 e. The summed E-state index contributed by atoms with van der Waals surface area (Å²) in [6, 6.07) is -0.316. The van der Waals surface area contributed by atoms with Gasteiger partial charge in [-0.05, 0) is 40.2 Å². The van der Waals surface area contributed by atoms with Gasteiger partial charge in [0.2, 0.25) is 0 Å². The van der Waals surface area contributed by atoms with Crippen LogP contribution in [0.3, 0.4) is 0 Å². The number of fused-ring (bicyclic) bond motifs is 2. The summed E-state index contributed by atoms with van der Waals surface area (Å²) in [5, 5.41) is 0.